The lowest BCUT2D eigenvalue weighted by Gasteiger charge is -2.30. The standard InChI is InChI=1S/C28H40N4O7/c1-28(2,3)39-27(37)31-20-13-9-7-5-4-6-8-10-14-21(26(35)36)30-24(33)22-17-19(18-32(22)25(20)34)38-23-15-11-12-16-29-23/h6,8,11-12,15-16,19-22H,4-5,7,9-10,13-14,17-18H2,1-3H3,(H,30,33)(H,31,37)(H,35,36). The minimum atomic E-state index is -1.14. The maximum atomic E-state index is 13.9. The lowest BCUT2D eigenvalue weighted by atomic mass is 10.0. The topological polar surface area (TPSA) is 147 Å². The third-order valence-corrected chi connectivity index (χ3v) is 6.53. The van der Waals surface area contributed by atoms with Gasteiger partial charge in [-0.25, -0.2) is 14.6 Å². The molecule has 3 rings (SSSR count). The summed E-state index contributed by atoms with van der Waals surface area (Å²) in [6.45, 7) is 5.29. The highest BCUT2D eigenvalue weighted by Crippen LogP contribution is 2.25. The van der Waals surface area contributed by atoms with E-state index in [4.69, 9.17) is 9.47 Å². The number of allylic oxidation sites excluding steroid dienone is 2. The number of pyridine rings is 1. The Morgan fingerprint density at radius 1 is 1.10 bits per heavy atom. The second-order valence-corrected chi connectivity index (χ2v) is 10.9. The fourth-order valence-electron chi connectivity index (χ4n) is 4.68. The summed E-state index contributed by atoms with van der Waals surface area (Å²) in [4.78, 5) is 57.3. The molecule has 3 amide bonds. The number of carboxylic acids is 1. The van der Waals surface area contributed by atoms with E-state index in [0.717, 1.165) is 19.3 Å². The first-order valence-corrected chi connectivity index (χ1v) is 13.6. The number of hydrogen-bond donors (Lipinski definition) is 3. The van der Waals surface area contributed by atoms with Crippen LogP contribution < -0.4 is 15.4 Å². The number of aromatic nitrogens is 1. The number of rotatable bonds is 4. The third-order valence-electron chi connectivity index (χ3n) is 6.53. The van der Waals surface area contributed by atoms with E-state index in [1.807, 2.05) is 12.2 Å². The first-order chi connectivity index (χ1) is 18.5. The number of carbonyl (C=O) groups is 4. The zero-order valence-electron chi connectivity index (χ0n) is 22.9. The van der Waals surface area contributed by atoms with Crippen LogP contribution in [-0.4, -0.2) is 75.2 Å². The van der Waals surface area contributed by atoms with Gasteiger partial charge in [0, 0.05) is 18.7 Å². The molecule has 0 aliphatic carbocycles. The maximum Gasteiger partial charge on any atom is 0.408 e. The molecule has 3 N–H and O–H groups in total. The van der Waals surface area contributed by atoms with Crippen molar-refractivity contribution in [2.24, 2.45) is 0 Å². The largest absolute Gasteiger partial charge is 0.480 e. The van der Waals surface area contributed by atoms with E-state index in [1.54, 1.807) is 45.2 Å². The molecule has 39 heavy (non-hydrogen) atoms. The normalized spacial score (nSPS) is 25.4. The first kappa shape index (κ1) is 29.9. The molecule has 2 aliphatic rings. The molecule has 0 radical (unpaired) electrons. The molecule has 11 heteroatoms. The molecule has 1 aromatic heterocycles. The summed E-state index contributed by atoms with van der Waals surface area (Å²) in [7, 11) is 0. The zero-order valence-corrected chi connectivity index (χ0v) is 22.9. The smallest absolute Gasteiger partial charge is 0.408 e. The highest BCUT2D eigenvalue weighted by Gasteiger charge is 2.44. The summed E-state index contributed by atoms with van der Waals surface area (Å²) in [5.74, 6) is -1.80. The Morgan fingerprint density at radius 3 is 2.56 bits per heavy atom. The molecule has 214 valence electrons. The van der Waals surface area contributed by atoms with Crippen LogP contribution in [0.25, 0.3) is 0 Å². The summed E-state index contributed by atoms with van der Waals surface area (Å²) < 4.78 is 11.4. The van der Waals surface area contributed by atoms with E-state index in [9.17, 15) is 24.3 Å². The van der Waals surface area contributed by atoms with Gasteiger partial charge in [-0.1, -0.05) is 31.1 Å². The minimum Gasteiger partial charge on any atom is -0.480 e. The summed E-state index contributed by atoms with van der Waals surface area (Å²) in [6, 6.07) is 2.21. The molecule has 0 aromatic carbocycles. The van der Waals surface area contributed by atoms with Crippen molar-refractivity contribution >= 4 is 23.9 Å². The second-order valence-electron chi connectivity index (χ2n) is 10.9. The molecule has 1 aromatic rings. The van der Waals surface area contributed by atoms with Crippen molar-refractivity contribution in [3.63, 3.8) is 0 Å². The predicted octanol–water partition coefficient (Wildman–Crippen LogP) is 3.19. The van der Waals surface area contributed by atoms with Crippen LogP contribution >= 0.6 is 0 Å². The SMILES string of the molecule is CC(C)(C)OC(=O)NC1CCCCCC=CCCC(C(=O)O)NC(=O)C2CC(Oc3ccccn3)CN2C1=O. The van der Waals surface area contributed by atoms with Gasteiger partial charge in [-0.2, -0.15) is 0 Å². The Kier molecular flexibility index (Phi) is 10.7. The second kappa shape index (κ2) is 14.0. The van der Waals surface area contributed by atoms with E-state index in [0.29, 0.717) is 25.1 Å². The molecule has 4 atom stereocenters. The monoisotopic (exact) mass is 544 g/mol. The van der Waals surface area contributed by atoms with Crippen LogP contribution in [0.4, 0.5) is 4.79 Å². The van der Waals surface area contributed by atoms with Crippen LogP contribution in [0, 0.1) is 0 Å². The lowest BCUT2D eigenvalue weighted by molar-refractivity contribution is -0.144. The lowest BCUT2D eigenvalue weighted by Crippen LogP contribution is -2.55. The molecule has 11 nitrogen and oxygen atoms in total. The van der Waals surface area contributed by atoms with Gasteiger partial charge in [0.25, 0.3) is 0 Å². The van der Waals surface area contributed by atoms with E-state index in [-0.39, 0.29) is 19.4 Å². The van der Waals surface area contributed by atoms with Crippen molar-refractivity contribution in [1.29, 1.82) is 0 Å². The average molecular weight is 545 g/mol. The first-order valence-electron chi connectivity index (χ1n) is 13.6. The van der Waals surface area contributed by atoms with Crippen molar-refractivity contribution in [1.82, 2.24) is 20.5 Å². The number of carbonyl (C=O) groups excluding carboxylic acids is 3. The minimum absolute atomic E-state index is 0.0838. The Balaban J connectivity index is 1.87. The quantitative estimate of drug-likeness (QED) is 0.490. The van der Waals surface area contributed by atoms with Gasteiger partial charge in [0.1, 0.15) is 29.8 Å². The molecule has 1 fully saturated rings. The van der Waals surface area contributed by atoms with Crippen LogP contribution in [0.15, 0.2) is 36.5 Å². The van der Waals surface area contributed by atoms with Gasteiger partial charge in [0.15, 0.2) is 0 Å². The van der Waals surface area contributed by atoms with Gasteiger partial charge in [-0.05, 0) is 58.9 Å². The molecule has 0 saturated carbocycles. The molecule has 4 unspecified atom stereocenters. The van der Waals surface area contributed by atoms with Crippen molar-refractivity contribution in [2.75, 3.05) is 6.54 Å². The van der Waals surface area contributed by atoms with Crippen molar-refractivity contribution in [3.05, 3.63) is 36.5 Å². The molecule has 1 saturated heterocycles. The van der Waals surface area contributed by atoms with Crippen molar-refractivity contribution < 1.29 is 33.8 Å². The molecule has 3 heterocycles. The van der Waals surface area contributed by atoms with Gasteiger partial charge in [0.05, 0.1) is 6.54 Å². The number of aliphatic carboxylic acids is 1. The van der Waals surface area contributed by atoms with Gasteiger partial charge < -0.3 is 30.1 Å². The molecule has 0 spiro atoms. The highest BCUT2D eigenvalue weighted by molar-refractivity contribution is 5.93. The molecular weight excluding hydrogens is 504 g/mol. The third kappa shape index (κ3) is 9.56. The molecule has 0 bridgehead atoms. The average Bonchev–Trinajstić information content (AvgIpc) is 3.28. The Labute approximate surface area is 229 Å². The highest BCUT2D eigenvalue weighted by atomic mass is 16.6. The van der Waals surface area contributed by atoms with Crippen LogP contribution in [-0.2, 0) is 19.1 Å². The summed E-state index contributed by atoms with van der Waals surface area (Å²) in [5, 5.41) is 15.0. The van der Waals surface area contributed by atoms with Crippen LogP contribution in [0.1, 0.15) is 72.1 Å². The van der Waals surface area contributed by atoms with Crippen LogP contribution in [0.3, 0.4) is 0 Å². The van der Waals surface area contributed by atoms with Crippen LogP contribution in [0.2, 0.25) is 0 Å². The molecule has 2 aliphatic heterocycles. The predicted molar refractivity (Wildman–Crippen MR) is 143 cm³/mol. The maximum absolute atomic E-state index is 13.9. The van der Waals surface area contributed by atoms with Gasteiger partial charge >= 0.3 is 12.1 Å². The number of nitrogens with zero attached hydrogens (tertiary/aromatic N) is 2. The summed E-state index contributed by atoms with van der Waals surface area (Å²) in [5.41, 5.74) is -0.749. The van der Waals surface area contributed by atoms with Crippen LogP contribution in [0.5, 0.6) is 5.88 Å². The number of hydrogen-bond acceptors (Lipinski definition) is 7. The Morgan fingerprint density at radius 2 is 1.87 bits per heavy atom. The number of fused-ring (bicyclic) bond motifs is 1. The number of carboxylic acid groups (broad SMARTS) is 1. The fraction of sp³-hybridized carbons (Fsp3) is 0.607. The van der Waals surface area contributed by atoms with E-state index < -0.39 is 53.7 Å². The fourth-order valence-corrected chi connectivity index (χ4v) is 4.68. The van der Waals surface area contributed by atoms with Crippen molar-refractivity contribution in [3.8, 4) is 5.88 Å². The number of ether oxygens (including phenoxy) is 2. The number of amides is 3. The zero-order chi connectivity index (χ0) is 28.4. The molecular formula is C28H40N4O7. The van der Waals surface area contributed by atoms with Gasteiger partial charge in [-0.15, -0.1) is 0 Å². The summed E-state index contributed by atoms with van der Waals surface area (Å²) >= 11 is 0. The van der Waals surface area contributed by atoms with Gasteiger partial charge in [-0.3, -0.25) is 9.59 Å². The summed E-state index contributed by atoms with van der Waals surface area (Å²) in [6.07, 6.45) is 8.78. The number of alkyl carbamates (subject to hydrolysis) is 1. The van der Waals surface area contributed by atoms with E-state index in [2.05, 4.69) is 15.6 Å². The number of nitrogens with one attached hydrogen (secondary N) is 2. The Bertz CT molecular complexity index is 1020. The van der Waals surface area contributed by atoms with E-state index >= 15 is 0 Å². The Hall–Kier alpha value is -3.63. The van der Waals surface area contributed by atoms with Crippen molar-refractivity contribution in [2.45, 2.75) is 102 Å². The van der Waals surface area contributed by atoms with Gasteiger partial charge in [0.2, 0.25) is 17.7 Å². The van der Waals surface area contributed by atoms with E-state index in [1.165, 1.54) is 4.90 Å².